The number of hydrogen-bond donors (Lipinski definition) is 3. The summed E-state index contributed by atoms with van der Waals surface area (Å²) in [5, 5.41) is 2.28. The highest BCUT2D eigenvalue weighted by Gasteiger charge is 2.11. The van der Waals surface area contributed by atoms with Gasteiger partial charge >= 0.3 is 0 Å². The Balaban J connectivity index is 3.82. The predicted molar refractivity (Wildman–Crippen MR) is 45.1 cm³/mol. The second kappa shape index (κ2) is 6.13. The maximum absolute atomic E-state index is 10.7. The van der Waals surface area contributed by atoms with Crippen molar-refractivity contribution in [2.75, 3.05) is 6.54 Å². The van der Waals surface area contributed by atoms with Crippen molar-refractivity contribution in [3.8, 4) is 0 Å². The minimum absolute atomic E-state index is 0.0325. The van der Waals surface area contributed by atoms with Gasteiger partial charge in [0.1, 0.15) is 0 Å². The number of nitrogens with two attached hydrogens (primary N) is 2. The van der Waals surface area contributed by atoms with Crippen molar-refractivity contribution in [1.82, 2.24) is 5.32 Å². The van der Waals surface area contributed by atoms with Crippen molar-refractivity contribution < 1.29 is 14.4 Å². The zero-order valence-corrected chi connectivity index (χ0v) is 7.08. The van der Waals surface area contributed by atoms with E-state index in [1.165, 1.54) is 0 Å². The van der Waals surface area contributed by atoms with Crippen LogP contribution in [0.1, 0.15) is 12.8 Å². The predicted octanol–water partition coefficient (Wildman–Crippen LogP) is -2.19. The van der Waals surface area contributed by atoms with Crippen LogP contribution in [0.4, 0.5) is 0 Å². The molecule has 73 valence electrons. The maximum atomic E-state index is 10.7. The van der Waals surface area contributed by atoms with Gasteiger partial charge in [-0.15, -0.1) is 0 Å². The summed E-state index contributed by atoms with van der Waals surface area (Å²) in [5.41, 5.74) is 9.85. The summed E-state index contributed by atoms with van der Waals surface area (Å²) in [5.74, 6) is -0.986. The first kappa shape index (κ1) is 11.6. The lowest BCUT2D eigenvalue weighted by Gasteiger charge is -2.09. The first-order chi connectivity index (χ1) is 6.10. The van der Waals surface area contributed by atoms with E-state index in [1.807, 2.05) is 0 Å². The molecule has 0 aliphatic rings. The molecule has 0 aromatic rings. The van der Waals surface area contributed by atoms with Crippen molar-refractivity contribution in [2.45, 2.75) is 18.9 Å². The van der Waals surface area contributed by atoms with Crippen LogP contribution in [0.3, 0.4) is 0 Å². The van der Waals surface area contributed by atoms with Gasteiger partial charge in [-0.05, 0) is 6.42 Å². The Hall–Kier alpha value is -1.43. The van der Waals surface area contributed by atoms with Crippen molar-refractivity contribution in [1.29, 1.82) is 0 Å². The van der Waals surface area contributed by atoms with Crippen LogP contribution >= 0.6 is 0 Å². The summed E-state index contributed by atoms with van der Waals surface area (Å²) in [6.07, 6.45) is 1.77. The molecule has 0 bridgehead atoms. The van der Waals surface area contributed by atoms with Gasteiger partial charge in [0.2, 0.25) is 18.1 Å². The molecule has 0 aliphatic carbocycles. The van der Waals surface area contributed by atoms with E-state index < -0.39 is 17.9 Å². The molecule has 0 aromatic carbocycles. The third kappa shape index (κ3) is 5.80. The molecule has 13 heavy (non-hydrogen) atoms. The third-order valence-corrected chi connectivity index (χ3v) is 1.34. The summed E-state index contributed by atoms with van der Waals surface area (Å²) < 4.78 is 0. The van der Waals surface area contributed by atoms with Crippen LogP contribution < -0.4 is 16.8 Å². The molecule has 0 saturated carbocycles. The van der Waals surface area contributed by atoms with Crippen LogP contribution in [0.2, 0.25) is 0 Å². The second-order valence-corrected chi connectivity index (χ2v) is 2.45. The number of nitrogens with one attached hydrogen (secondary N) is 1. The van der Waals surface area contributed by atoms with Gasteiger partial charge in [0.05, 0.1) is 12.6 Å². The Morgan fingerprint density at radius 3 is 2.46 bits per heavy atom. The fourth-order valence-electron chi connectivity index (χ4n) is 0.700. The van der Waals surface area contributed by atoms with Gasteiger partial charge < -0.3 is 16.8 Å². The molecule has 1 unspecified atom stereocenters. The molecule has 2 amide bonds. The van der Waals surface area contributed by atoms with Gasteiger partial charge in [0, 0.05) is 6.42 Å². The molecule has 0 aromatic heterocycles. The molecule has 6 nitrogen and oxygen atoms in total. The van der Waals surface area contributed by atoms with Crippen LogP contribution in [0.25, 0.3) is 0 Å². The number of hydrogen-bond acceptors (Lipinski definition) is 4. The van der Waals surface area contributed by atoms with E-state index in [4.69, 9.17) is 11.5 Å². The average Bonchev–Trinajstić information content (AvgIpc) is 2.11. The van der Waals surface area contributed by atoms with E-state index in [2.05, 4.69) is 5.32 Å². The monoisotopic (exact) mass is 186 g/mol. The van der Waals surface area contributed by atoms with E-state index in [1.54, 1.807) is 6.29 Å². The van der Waals surface area contributed by atoms with Gasteiger partial charge in [-0.3, -0.25) is 14.4 Å². The summed E-state index contributed by atoms with van der Waals surface area (Å²) >= 11 is 0. The number of amides is 2. The SMILES string of the molecule is NCC(=O)NC([C]=O)CCC(N)=O. The van der Waals surface area contributed by atoms with E-state index in [0.717, 1.165) is 0 Å². The zero-order chi connectivity index (χ0) is 10.3. The van der Waals surface area contributed by atoms with E-state index >= 15 is 0 Å². The fraction of sp³-hybridized carbons (Fsp3) is 0.571. The number of rotatable bonds is 6. The van der Waals surface area contributed by atoms with Crippen LogP contribution in [-0.4, -0.2) is 30.7 Å². The largest absolute Gasteiger partial charge is 0.370 e. The van der Waals surface area contributed by atoms with Crippen molar-refractivity contribution in [2.24, 2.45) is 11.5 Å². The fourth-order valence-corrected chi connectivity index (χ4v) is 0.700. The van der Waals surface area contributed by atoms with E-state index in [9.17, 15) is 14.4 Å². The molecule has 1 radical (unpaired) electrons. The quantitative estimate of drug-likeness (QED) is 0.436. The zero-order valence-electron chi connectivity index (χ0n) is 7.08. The van der Waals surface area contributed by atoms with Crippen LogP contribution in [0, 0.1) is 0 Å². The number of carbonyl (C=O) groups is 2. The lowest BCUT2D eigenvalue weighted by atomic mass is 10.1. The molecular weight excluding hydrogens is 174 g/mol. The molecule has 0 saturated heterocycles. The summed E-state index contributed by atoms with van der Waals surface area (Å²) in [6.45, 7) is -0.200. The minimum Gasteiger partial charge on any atom is -0.370 e. The molecule has 5 N–H and O–H groups in total. The Kier molecular flexibility index (Phi) is 5.45. The van der Waals surface area contributed by atoms with Gasteiger partial charge in [-0.25, -0.2) is 0 Å². The van der Waals surface area contributed by atoms with Crippen LogP contribution in [-0.2, 0) is 14.4 Å². The van der Waals surface area contributed by atoms with Crippen molar-refractivity contribution >= 4 is 18.1 Å². The first-order valence-electron chi connectivity index (χ1n) is 3.75. The summed E-state index contributed by atoms with van der Waals surface area (Å²) in [6, 6.07) is -0.802. The highest BCUT2D eigenvalue weighted by Crippen LogP contribution is 1.93. The van der Waals surface area contributed by atoms with E-state index in [-0.39, 0.29) is 19.4 Å². The third-order valence-electron chi connectivity index (χ3n) is 1.34. The van der Waals surface area contributed by atoms with Gasteiger partial charge in [-0.1, -0.05) is 0 Å². The molecule has 0 spiro atoms. The Labute approximate surface area is 75.6 Å². The van der Waals surface area contributed by atoms with Crippen molar-refractivity contribution in [3.05, 3.63) is 0 Å². The van der Waals surface area contributed by atoms with Crippen LogP contribution in [0.15, 0.2) is 0 Å². The maximum Gasteiger partial charge on any atom is 0.234 e. The molecule has 0 rings (SSSR count). The summed E-state index contributed by atoms with van der Waals surface area (Å²) in [7, 11) is 0. The molecular formula is C7H12N3O3. The minimum atomic E-state index is -0.802. The van der Waals surface area contributed by atoms with Gasteiger partial charge in [-0.2, -0.15) is 0 Å². The van der Waals surface area contributed by atoms with Crippen LogP contribution in [0.5, 0.6) is 0 Å². The lowest BCUT2D eigenvalue weighted by molar-refractivity contribution is -0.121. The Bertz CT molecular complexity index is 205. The molecule has 0 heterocycles. The smallest absolute Gasteiger partial charge is 0.234 e. The molecule has 6 heteroatoms. The number of primary amides is 1. The highest BCUT2D eigenvalue weighted by atomic mass is 16.2. The van der Waals surface area contributed by atoms with Gasteiger partial charge in [0.15, 0.2) is 0 Å². The lowest BCUT2D eigenvalue weighted by Crippen LogP contribution is -2.40. The Morgan fingerprint density at radius 1 is 1.46 bits per heavy atom. The van der Waals surface area contributed by atoms with Gasteiger partial charge in [0.25, 0.3) is 0 Å². The second-order valence-electron chi connectivity index (χ2n) is 2.45. The topological polar surface area (TPSA) is 115 Å². The number of carbonyl (C=O) groups excluding carboxylic acids is 3. The van der Waals surface area contributed by atoms with Crippen molar-refractivity contribution in [3.63, 3.8) is 0 Å². The normalized spacial score (nSPS) is 11.8. The first-order valence-corrected chi connectivity index (χ1v) is 3.75. The van der Waals surface area contributed by atoms with E-state index in [0.29, 0.717) is 0 Å². The molecule has 0 aliphatic heterocycles. The summed E-state index contributed by atoms with van der Waals surface area (Å²) in [4.78, 5) is 31.3. The standard InChI is InChI=1S/C7H12N3O3/c8-3-7(13)10-5(4-11)1-2-6(9)12/h5H,1-3,8H2,(H2,9,12)(H,10,13). The molecule has 1 atom stereocenters. The Morgan fingerprint density at radius 2 is 2.08 bits per heavy atom. The average molecular weight is 186 g/mol. The highest BCUT2D eigenvalue weighted by molar-refractivity contribution is 5.81. The molecule has 0 fully saturated rings.